The minimum atomic E-state index is -0.424. The van der Waals surface area contributed by atoms with Crippen LogP contribution in [-0.4, -0.2) is 17.6 Å². The summed E-state index contributed by atoms with van der Waals surface area (Å²) in [6.07, 6.45) is 0. The van der Waals surface area contributed by atoms with Gasteiger partial charge in [-0.3, -0.25) is 4.79 Å². The van der Waals surface area contributed by atoms with Crippen molar-refractivity contribution in [2.75, 3.05) is 6.61 Å². The fourth-order valence-electron chi connectivity index (χ4n) is 1.73. The maximum Gasteiger partial charge on any atom is 0.263 e. The zero-order valence-electron chi connectivity index (χ0n) is 10.4. The summed E-state index contributed by atoms with van der Waals surface area (Å²) in [6, 6.07) is 8.93. The summed E-state index contributed by atoms with van der Waals surface area (Å²) in [7, 11) is 0. The highest BCUT2D eigenvalue weighted by Crippen LogP contribution is 2.27. The van der Waals surface area contributed by atoms with Gasteiger partial charge in [0.25, 0.3) is 5.91 Å². The van der Waals surface area contributed by atoms with E-state index in [4.69, 9.17) is 11.6 Å². The third-order valence-corrected chi connectivity index (χ3v) is 4.49. The van der Waals surface area contributed by atoms with Crippen LogP contribution in [0, 0.1) is 6.92 Å². The summed E-state index contributed by atoms with van der Waals surface area (Å²) in [6.45, 7) is 1.70. The zero-order chi connectivity index (χ0) is 13.8. The van der Waals surface area contributed by atoms with Crippen LogP contribution in [0.3, 0.4) is 0 Å². The van der Waals surface area contributed by atoms with E-state index in [-0.39, 0.29) is 12.5 Å². The van der Waals surface area contributed by atoms with Gasteiger partial charge in [-0.15, -0.1) is 11.3 Å². The van der Waals surface area contributed by atoms with E-state index in [0.717, 1.165) is 11.1 Å². The summed E-state index contributed by atoms with van der Waals surface area (Å²) in [5.41, 5.74) is 1.75. The maximum atomic E-state index is 12.1. The number of benzene rings is 1. The van der Waals surface area contributed by atoms with Gasteiger partial charge in [-0.05, 0) is 23.4 Å². The number of rotatable bonds is 4. The van der Waals surface area contributed by atoms with Crippen molar-refractivity contribution in [1.82, 2.24) is 5.32 Å². The molecule has 1 amide bonds. The molecule has 1 heterocycles. The third-order valence-electron chi connectivity index (χ3n) is 2.80. The predicted molar refractivity (Wildman–Crippen MR) is 77.8 cm³/mol. The first-order valence-electron chi connectivity index (χ1n) is 5.83. The van der Waals surface area contributed by atoms with E-state index in [2.05, 4.69) is 5.32 Å². The molecule has 1 atom stereocenters. The molecule has 2 aromatic rings. The molecule has 0 bridgehead atoms. The lowest BCUT2D eigenvalue weighted by Crippen LogP contribution is -2.30. The monoisotopic (exact) mass is 295 g/mol. The van der Waals surface area contributed by atoms with E-state index in [9.17, 15) is 9.90 Å². The van der Waals surface area contributed by atoms with Gasteiger partial charge in [0.1, 0.15) is 4.88 Å². The first kappa shape index (κ1) is 14.1. The fraction of sp³-hybridized carbons (Fsp3) is 0.214. The molecule has 19 heavy (non-hydrogen) atoms. The van der Waals surface area contributed by atoms with Gasteiger partial charge in [0.2, 0.25) is 0 Å². The van der Waals surface area contributed by atoms with E-state index in [1.54, 1.807) is 0 Å². The molecule has 0 saturated heterocycles. The second-order valence-corrected chi connectivity index (χ2v) is 5.44. The maximum absolute atomic E-state index is 12.1. The van der Waals surface area contributed by atoms with Crippen molar-refractivity contribution >= 4 is 28.8 Å². The fourth-order valence-corrected chi connectivity index (χ4v) is 2.91. The standard InChI is InChI=1S/C14H14ClNO2S/c1-9-8-19-13(12(9)15)14(18)16-11(7-17)10-5-3-2-4-6-10/h2-6,8,11,17H,7H2,1H3,(H,16,18)/t11-/m0/s1. The Kier molecular flexibility index (Phi) is 4.58. The first-order chi connectivity index (χ1) is 9.13. The van der Waals surface area contributed by atoms with Crippen molar-refractivity contribution in [1.29, 1.82) is 0 Å². The van der Waals surface area contributed by atoms with Crippen LogP contribution in [0.2, 0.25) is 5.02 Å². The number of thiophene rings is 1. The Balaban J connectivity index is 2.15. The summed E-state index contributed by atoms with van der Waals surface area (Å²) < 4.78 is 0. The quantitative estimate of drug-likeness (QED) is 0.910. The lowest BCUT2D eigenvalue weighted by Gasteiger charge is -2.16. The number of halogens is 1. The van der Waals surface area contributed by atoms with Crippen LogP contribution in [-0.2, 0) is 0 Å². The summed E-state index contributed by atoms with van der Waals surface area (Å²) in [5.74, 6) is -0.258. The Morgan fingerprint density at radius 2 is 2.11 bits per heavy atom. The second kappa shape index (κ2) is 6.19. The van der Waals surface area contributed by atoms with Crippen molar-refractivity contribution < 1.29 is 9.90 Å². The Bertz CT molecular complexity index is 568. The van der Waals surface area contributed by atoms with Crippen LogP contribution in [0.5, 0.6) is 0 Å². The minimum absolute atomic E-state index is 0.155. The van der Waals surface area contributed by atoms with Gasteiger partial charge in [0, 0.05) is 0 Å². The number of hydrogen-bond acceptors (Lipinski definition) is 3. The van der Waals surface area contributed by atoms with Crippen molar-refractivity contribution in [2.24, 2.45) is 0 Å². The topological polar surface area (TPSA) is 49.3 Å². The molecule has 2 N–H and O–H groups in total. The Morgan fingerprint density at radius 1 is 1.42 bits per heavy atom. The van der Waals surface area contributed by atoms with Crippen molar-refractivity contribution in [2.45, 2.75) is 13.0 Å². The first-order valence-corrected chi connectivity index (χ1v) is 7.09. The molecule has 0 unspecified atom stereocenters. The Labute approximate surface area is 120 Å². The molecule has 0 fully saturated rings. The van der Waals surface area contributed by atoms with E-state index >= 15 is 0 Å². The smallest absolute Gasteiger partial charge is 0.263 e. The normalized spacial score (nSPS) is 12.2. The largest absolute Gasteiger partial charge is 0.394 e. The van der Waals surface area contributed by atoms with Gasteiger partial charge in [-0.25, -0.2) is 0 Å². The molecular formula is C14H14ClNO2S. The molecule has 5 heteroatoms. The van der Waals surface area contributed by atoms with Gasteiger partial charge >= 0.3 is 0 Å². The van der Waals surface area contributed by atoms with Gasteiger partial charge in [-0.2, -0.15) is 0 Å². The molecule has 0 saturated carbocycles. The number of aliphatic hydroxyl groups excluding tert-OH is 1. The molecule has 1 aromatic carbocycles. The number of nitrogens with one attached hydrogen (secondary N) is 1. The van der Waals surface area contributed by atoms with Crippen molar-refractivity contribution in [3.8, 4) is 0 Å². The van der Waals surface area contributed by atoms with E-state index < -0.39 is 6.04 Å². The van der Waals surface area contributed by atoms with Gasteiger partial charge in [0.15, 0.2) is 0 Å². The second-order valence-electron chi connectivity index (χ2n) is 4.18. The SMILES string of the molecule is Cc1csc(C(=O)N[C@@H](CO)c2ccccc2)c1Cl. The molecule has 0 aliphatic carbocycles. The average Bonchev–Trinajstić information content (AvgIpc) is 2.77. The van der Waals surface area contributed by atoms with E-state index in [1.165, 1.54) is 11.3 Å². The Morgan fingerprint density at radius 3 is 2.63 bits per heavy atom. The van der Waals surface area contributed by atoms with Crippen LogP contribution >= 0.6 is 22.9 Å². The molecule has 0 spiro atoms. The zero-order valence-corrected chi connectivity index (χ0v) is 12.0. The molecular weight excluding hydrogens is 282 g/mol. The van der Waals surface area contributed by atoms with E-state index in [1.807, 2.05) is 42.6 Å². The highest BCUT2D eigenvalue weighted by atomic mass is 35.5. The van der Waals surface area contributed by atoms with Crippen molar-refractivity contribution in [3.05, 3.63) is 56.7 Å². The minimum Gasteiger partial charge on any atom is -0.394 e. The van der Waals surface area contributed by atoms with Crippen molar-refractivity contribution in [3.63, 3.8) is 0 Å². The highest BCUT2D eigenvalue weighted by molar-refractivity contribution is 7.13. The number of aliphatic hydroxyl groups is 1. The highest BCUT2D eigenvalue weighted by Gasteiger charge is 2.19. The molecule has 0 radical (unpaired) electrons. The lowest BCUT2D eigenvalue weighted by molar-refractivity contribution is 0.0920. The van der Waals surface area contributed by atoms with Crippen LogP contribution in [0.1, 0.15) is 26.8 Å². The van der Waals surface area contributed by atoms with Crippen LogP contribution < -0.4 is 5.32 Å². The van der Waals surface area contributed by atoms with Gasteiger partial charge in [-0.1, -0.05) is 41.9 Å². The van der Waals surface area contributed by atoms with Crippen LogP contribution in [0.25, 0.3) is 0 Å². The molecule has 2 rings (SSSR count). The molecule has 0 aliphatic heterocycles. The van der Waals surface area contributed by atoms with Crippen LogP contribution in [0.4, 0.5) is 0 Å². The van der Waals surface area contributed by atoms with E-state index in [0.29, 0.717) is 9.90 Å². The number of amides is 1. The number of hydrogen-bond donors (Lipinski definition) is 2. The summed E-state index contributed by atoms with van der Waals surface area (Å²) in [4.78, 5) is 12.6. The number of aryl methyl sites for hydroxylation is 1. The van der Waals surface area contributed by atoms with Gasteiger partial charge < -0.3 is 10.4 Å². The van der Waals surface area contributed by atoms with Crippen LogP contribution in [0.15, 0.2) is 35.7 Å². The summed E-state index contributed by atoms with van der Waals surface area (Å²) >= 11 is 7.37. The molecule has 100 valence electrons. The molecule has 1 aromatic heterocycles. The third kappa shape index (κ3) is 3.15. The summed E-state index contributed by atoms with van der Waals surface area (Å²) in [5, 5.41) is 14.5. The number of carbonyl (C=O) groups excluding carboxylic acids is 1. The molecule has 0 aliphatic rings. The predicted octanol–water partition coefficient (Wildman–Crippen LogP) is 3.17. The average molecular weight is 296 g/mol. The Hall–Kier alpha value is -1.36. The molecule has 3 nitrogen and oxygen atoms in total. The van der Waals surface area contributed by atoms with Gasteiger partial charge in [0.05, 0.1) is 17.7 Å². The number of carbonyl (C=O) groups is 1. The lowest BCUT2D eigenvalue weighted by atomic mass is 10.1.